The van der Waals surface area contributed by atoms with Gasteiger partial charge in [0.2, 0.25) is 5.95 Å². The number of benzene rings is 2. The number of methoxy groups -OCH3 is 1. The molecule has 3 heterocycles. The standard InChI is InChI=1S/C28H36N6O4S/c1-33-12-3-13-34(15-14-33)39(35)27-7-5-21(19-26(27)36-2)31-28-30-11-8-24(32-28)20-4-6-25(23(29)18-20)38-22-9-16-37-17-10-22/h4-8,11,18-19,22H,3,9-10,12-17,29H2,1-2H3,(H,30,31,32). The van der Waals surface area contributed by atoms with Crippen LogP contribution in [-0.4, -0.2) is 83.0 Å². The molecule has 2 aliphatic rings. The summed E-state index contributed by atoms with van der Waals surface area (Å²) < 4.78 is 32.5. The maximum absolute atomic E-state index is 13.3. The SMILES string of the molecule is COc1cc(Nc2nccc(-c3ccc(OC4CCOCC4)c(N)c3)n2)ccc1S(=O)N1CCCN(C)CC1. The monoisotopic (exact) mass is 552 g/mol. The van der Waals surface area contributed by atoms with E-state index in [4.69, 9.17) is 19.9 Å². The molecule has 1 unspecified atom stereocenters. The third-order valence-electron chi connectivity index (χ3n) is 6.94. The fourth-order valence-corrected chi connectivity index (χ4v) is 6.03. The van der Waals surface area contributed by atoms with Gasteiger partial charge in [0, 0.05) is 56.0 Å². The molecule has 0 saturated carbocycles. The zero-order valence-corrected chi connectivity index (χ0v) is 23.3. The largest absolute Gasteiger partial charge is 0.495 e. The minimum atomic E-state index is -1.30. The third-order valence-corrected chi connectivity index (χ3v) is 8.49. The molecule has 1 atom stereocenters. The Bertz CT molecular complexity index is 1300. The number of hydrogen-bond acceptors (Lipinski definition) is 9. The van der Waals surface area contributed by atoms with E-state index in [1.807, 2.05) is 46.8 Å². The van der Waals surface area contributed by atoms with Crippen LogP contribution >= 0.6 is 0 Å². The van der Waals surface area contributed by atoms with Gasteiger partial charge in [-0.3, -0.25) is 0 Å². The Kier molecular flexibility index (Phi) is 8.92. The van der Waals surface area contributed by atoms with Crippen LogP contribution < -0.4 is 20.5 Å². The molecule has 10 nitrogen and oxygen atoms in total. The second-order valence-electron chi connectivity index (χ2n) is 9.77. The molecule has 0 aliphatic carbocycles. The van der Waals surface area contributed by atoms with Crippen LogP contribution in [0.1, 0.15) is 19.3 Å². The van der Waals surface area contributed by atoms with Crippen LogP contribution in [0.3, 0.4) is 0 Å². The molecule has 0 amide bonds. The Morgan fingerprint density at radius 3 is 2.69 bits per heavy atom. The number of aromatic nitrogens is 2. The minimum Gasteiger partial charge on any atom is -0.495 e. The Hall–Kier alpha value is -3.25. The molecule has 2 saturated heterocycles. The third kappa shape index (κ3) is 6.85. The minimum absolute atomic E-state index is 0.119. The van der Waals surface area contributed by atoms with E-state index < -0.39 is 11.0 Å². The molecular weight excluding hydrogens is 516 g/mol. The number of ether oxygens (including phenoxy) is 3. The smallest absolute Gasteiger partial charge is 0.227 e. The predicted octanol–water partition coefficient (Wildman–Crippen LogP) is 3.70. The van der Waals surface area contributed by atoms with Crippen LogP contribution in [-0.2, 0) is 15.7 Å². The summed E-state index contributed by atoms with van der Waals surface area (Å²) in [5.41, 5.74) is 9.21. The lowest BCUT2D eigenvalue weighted by Crippen LogP contribution is -2.30. The van der Waals surface area contributed by atoms with Crippen LogP contribution in [0.5, 0.6) is 11.5 Å². The second-order valence-corrected chi connectivity index (χ2v) is 11.2. The summed E-state index contributed by atoms with van der Waals surface area (Å²) in [5.74, 6) is 1.66. The average molecular weight is 553 g/mol. The highest BCUT2D eigenvalue weighted by Crippen LogP contribution is 2.31. The summed E-state index contributed by atoms with van der Waals surface area (Å²) >= 11 is 0. The zero-order chi connectivity index (χ0) is 27.2. The highest BCUT2D eigenvalue weighted by Gasteiger charge is 2.22. The van der Waals surface area contributed by atoms with Gasteiger partial charge in [-0.25, -0.2) is 18.5 Å². The molecular formula is C28H36N6O4S. The van der Waals surface area contributed by atoms with Crippen molar-refractivity contribution in [2.75, 3.05) is 64.6 Å². The van der Waals surface area contributed by atoms with E-state index in [1.165, 1.54) is 0 Å². The first-order valence-electron chi connectivity index (χ1n) is 13.3. The van der Waals surface area contributed by atoms with Crippen molar-refractivity contribution in [2.24, 2.45) is 0 Å². The van der Waals surface area contributed by atoms with Crippen molar-refractivity contribution in [3.05, 3.63) is 48.7 Å². The fraction of sp³-hybridized carbons (Fsp3) is 0.429. The summed E-state index contributed by atoms with van der Waals surface area (Å²) in [6.07, 6.45) is 4.52. The summed E-state index contributed by atoms with van der Waals surface area (Å²) in [7, 11) is 2.38. The number of anilines is 3. The van der Waals surface area contributed by atoms with E-state index in [9.17, 15) is 4.21 Å². The molecule has 2 aromatic carbocycles. The molecule has 3 N–H and O–H groups in total. The van der Waals surface area contributed by atoms with Crippen LogP contribution in [0.15, 0.2) is 53.6 Å². The number of likely N-dealkylation sites (N-methyl/N-ethyl adjacent to an activating group) is 1. The maximum atomic E-state index is 13.3. The van der Waals surface area contributed by atoms with Crippen LogP contribution in [0.4, 0.5) is 17.3 Å². The number of rotatable bonds is 8. The van der Waals surface area contributed by atoms with Crippen molar-refractivity contribution in [1.29, 1.82) is 0 Å². The zero-order valence-electron chi connectivity index (χ0n) is 22.5. The first-order valence-corrected chi connectivity index (χ1v) is 14.4. The molecule has 2 aliphatic heterocycles. The van der Waals surface area contributed by atoms with Gasteiger partial charge in [0.25, 0.3) is 0 Å². The Morgan fingerprint density at radius 1 is 1.05 bits per heavy atom. The van der Waals surface area contributed by atoms with Gasteiger partial charge in [-0.2, -0.15) is 0 Å². The molecule has 0 bridgehead atoms. The quantitative estimate of drug-likeness (QED) is 0.404. The van der Waals surface area contributed by atoms with Crippen LogP contribution in [0.2, 0.25) is 0 Å². The molecule has 3 aromatic rings. The lowest BCUT2D eigenvalue weighted by Gasteiger charge is -2.24. The summed E-state index contributed by atoms with van der Waals surface area (Å²) in [5, 5.41) is 3.24. The Labute approximate surface area is 232 Å². The lowest BCUT2D eigenvalue weighted by atomic mass is 10.1. The highest BCUT2D eigenvalue weighted by atomic mass is 32.2. The van der Waals surface area contributed by atoms with Crippen molar-refractivity contribution >= 4 is 28.3 Å². The molecule has 39 heavy (non-hydrogen) atoms. The first kappa shape index (κ1) is 27.3. The summed E-state index contributed by atoms with van der Waals surface area (Å²) in [4.78, 5) is 12.0. The normalized spacial score (nSPS) is 18.3. The second kappa shape index (κ2) is 12.7. The average Bonchev–Trinajstić information content (AvgIpc) is 3.18. The van der Waals surface area contributed by atoms with E-state index in [0.717, 1.165) is 62.4 Å². The molecule has 2 fully saturated rings. The van der Waals surface area contributed by atoms with E-state index in [-0.39, 0.29) is 6.10 Å². The van der Waals surface area contributed by atoms with Crippen molar-refractivity contribution in [1.82, 2.24) is 19.2 Å². The number of nitrogens with one attached hydrogen (secondary N) is 1. The van der Waals surface area contributed by atoms with E-state index in [2.05, 4.69) is 27.2 Å². The van der Waals surface area contributed by atoms with Gasteiger partial charge >= 0.3 is 0 Å². The van der Waals surface area contributed by atoms with E-state index in [0.29, 0.717) is 41.2 Å². The molecule has 0 spiro atoms. The summed E-state index contributed by atoms with van der Waals surface area (Å²) in [6, 6.07) is 13.1. The number of nitrogens with zero attached hydrogens (tertiary/aromatic N) is 4. The Balaban J connectivity index is 1.29. The molecule has 11 heteroatoms. The predicted molar refractivity (Wildman–Crippen MR) is 153 cm³/mol. The number of nitrogen functional groups attached to an aromatic ring is 1. The van der Waals surface area contributed by atoms with E-state index in [1.54, 1.807) is 13.3 Å². The fourth-order valence-electron chi connectivity index (χ4n) is 4.71. The lowest BCUT2D eigenvalue weighted by molar-refractivity contribution is 0.0259. The topological polar surface area (TPSA) is 115 Å². The van der Waals surface area contributed by atoms with Crippen LogP contribution in [0, 0.1) is 0 Å². The van der Waals surface area contributed by atoms with Gasteiger partial charge in [0.05, 0.1) is 36.6 Å². The highest BCUT2D eigenvalue weighted by molar-refractivity contribution is 7.82. The Morgan fingerprint density at radius 2 is 1.90 bits per heavy atom. The van der Waals surface area contributed by atoms with Crippen molar-refractivity contribution in [3.8, 4) is 22.8 Å². The van der Waals surface area contributed by atoms with Gasteiger partial charge < -0.3 is 30.2 Å². The van der Waals surface area contributed by atoms with E-state index >= 15 is 0 Å². The van der Waals surface area contributed by atoms with Crippen molar-refractivity contribution in [2.45, 2.75) is 30.3 Å². The molecule has 0 radical (unpaired) electrons. The maximum Gasteiger partial charge on any atom is 0.227 e. The van der Waals surface area contributed by atoms with Gasteiger partial charge in [0.1, 0.15) is 28.6 Å². The molecule has 1 aromatic heterocycles. The molecule has 208 valence electrons. The first-order chi connectivity index (χ1) is 19.0. The van der Waals surface area contributed by atoms with Gasteiger partial charge in [-0.1, -0.05) is 0 Å². The van der Waals surface area contributed by atoms with Crippen molar-refractivity contribution in [3.63, 3.8) is 0 Å². The number of nitrogens with two attached hydrogens (primary N) is 1. The van der Waals surface area contributed by atoms with Crippen molar-refractivity contribution < 1.29 is 18.4 Å². The van der Waals surface area contributed by atoms with Gasteiger partial charge in [-0.15, -0.1) is 0 Å². The van der Waals surface area contributed by atoms with Gasteiger partial charge in [0.15, 0.2) is 0 Å². The van der Waals surface area contributed by atoms with Gasteiger partial charge in [-0.05, 0) is 56.4 Å². The molecule has 5 rings (SSSR count). The number of hydrogen-bond donors (Lipinski definition) is 2. The summed E-state index contributed by atoms with van der Waals surface area (Å²) in [6.45, 7) is 4.85. The van der Waals surface area contributed by atoms with Crippen LogP contribution in [0.25, 0.3) is 11.3 Å².